The molecule has 3 aromatic rings. The Bertz CT molecular complexity index is 702. The molecule has 0 fully saturated rings. The fourth-order valence-electron chi connectivity index (χ4n) is 2.37. The molecular formula is C17H16ClNS. The molecule has 1 heterocycles. The number of thiophene rings is 1. The van der Waals surface area contributed by atoms with Crippen molar-refractivity contribution in [1.82, 2.24) is 0 Å². The molecule has 102 valence electrons. The zero-order valence-electron chi connectivity index (χ0n) is 11.3. The van der Waals surface area contributed by atoms with E-state index in [4.69, 9.17) is 11.6 Å². The fourth-order valence-corrected chi connectivity index (χ4v) is 3.26. The molecule has 1 nitrogen and oxygen atoms in total. The van der Waals surface area contributed by atoms with E-state index < -0.39 is 0 Å². The normalized spacial score (nSPS) is 12.5. The minimum Gasteiger partial charge on any atom is -0.382 e. The van der Waals surface area contributed by atoms with Gasteiger partial charge in [-0.1, -0.05) is 23.7 Å². The highest BCUT2D eigenvalue weighted by Gasteiger charge is 2.05. The van der Waals surface area contributed by atoms with Crippen LogP contribution in [0.1, 0.15) is 12.5 Å². The molecule has 0 radical (unpaired) electrons. The van der Waals surface area contributed by atoms with Gasteiger partial charge in [-0.15, -0.1) is 11.3 Å². The van der Waals surface area contributed by atoms with Gasteiger partial charge in [-0.3, -0.25) is 0 Å². The van der Waals surface area contributed by atoms with Gasteiger partial charge in [0.05, 0.1) is 0 Å². The van der Waals surface area contributed by atoms with Crippen LogP contribution in [0, 0.1) is 0 Å². The van der Waals surface area contributed by atoms with E-state index >= 15 is 0 Å². The van der Waals surface area contributed by atoms with Crippen LogP contribution in [0.4, 0.5) is 5.69 Å². The molecule has 0 amide bonds. The average molecular weight is 302 g/mol. The Morgan fingerprint density at radius 1 is 1.10 bits per heavy atom. The lowest BCUT2D eigenvalue weighted by atomic mass is 10.1. The third-order valence-corrected chi connectivity index (χ3v) is 4.47. The van der Waals surface area contributed by atoms with Gasteiger partial charge in [-0.05, 0) is 66.1 Å². The fraction of sp³-hybridized carbons (Fsp3) is 0.176. The van der Waals surface area contributed by atoms with Gasteiger partial charge in [0.25, 0.3) is 0 Å². The van der Waals surface area contributed by atoms with Gasteiger partial charge in [0.2, 0.25) is 0 Å². The van der Waals surface area contributed by atoms with Crippen molar-refractivity contribution in [1.29, 1.82) is 0 Å². The molecular weight excluding hydrogens is 286 g/mol. The van der Waals surface area contributed by atoms with Crippen molar-refractivity contribution >= 4 is 38.7 Å². The molecule has 0 spiro atoms. The molecule has 20 heavy (non-hydrogen) atoms. The maximum Gasteiger partial charge on any atom is 0.0406 e. The summed E-state index contributed by atoms with van der Waals surface area (Å²) in [5.41, 5.74) is 2.48. The van der Waals surface area contributed by atoms with Gasteiger partial charge in [-0.2, -0.15) is 0 Å². The molecule has 0 aliphatic carbocycles. The Labute approximate surface area is 128 Å². The van der Waals surface area contributed by atoms with Crippen molar-refractivity contribution in [2.75, 3.05) is 5.32 Å². The molecule has 0 saturated carbocycles. The average Bonchev–Trinajstić information content (AvgIpc) is 2.89. The Hall–Kier alpha value is -1.51. The van der Waals surface area contributed by atoms with Crippen molar-refractivity contribution < 1.29 is 0 Å². The van der Waals surface area contributed by atoms with Gasteiger partial charge in [0.1, 0.15) is 0 Å². The van der Waals surface area contributed by atoms with Crippen LogP contribution >= 0.6 is 22.9 Å². The number of nitrogens with one attached hydrogen (secondary N) is 1. The molecule has 0 saturated heterocycles. The van der Waals surface area contributed by atoms with Gasteiger partial charge >= 0.3 is 0 Å². The second-order valence-corrected chi connectivity index (χ2v) is 6.43. The summed E-state index contributed by atoms with van der Waals surface area (Å²) in [6, 6.07) is 17.1. The molecule has 1 N–H and O–H groups in total. The van der Waals surface area contributed by atoms with Crippen molar-refractivity contribution in [3.8, 4) is 0 Å². The molecule has 1 unspecified atom stereocenters. The highest BCUT2D eigenvalue weighted by atomic mass is 35.5. The highest BCUT2D eigenvalue weighted by molar-refractivity contribution is 7.17. The van der Waals surface area contributed by atoms with Crippen molar-refractivity contribution in [2.24, 2.45) is 0 Å². The summed E-state index contributed by atoms with van der Waals surface area (Å²) < 4.78 is 1.33. The number of benzene rings is 2. The lowest BCUT2D eigenvalue weighted by molar-refractivity contribution is 0.790. The van der Waals surface area contributed by atoms with Crippen LogP contribution < -0.4 is 5.32 Å². The predicted molar refractivity (Wildman–Crippen MR) is 90.1 cm³/mol. The number of hydrogen-bond donors (Lipinski definition) is 1. The minimum absolute atomic E-state index is 0.382. The maximum atomic E-state index is 5.91. The van der Waals surface area contributed by atoms with Crippen molar-refractivity contribution in [3.05, 3.63) is 64.5 Å². The van der Waals surface area contributed by atoms with E-state index in [1.807, 2.05) is 12.1 Å². The van der Waals surface area contributed by atoms with Crippen LogP contribution in [0.5, 0.6) is 0 Å². The van der Waals surface area contributed by atoms with E-state index in [0.29, 0.717) is 6.04 Å². The predicted octanol–water partition coefficient (Wildman–Crippen LogP) is 5.60. The van der Waals surface area contributed by atoms with E-state index in [1.165, 1.54) is 21.3 Å². The first-order valence-electron chi connectivity index (χ1n) is 6.69. The zero-order valence-corrected chi connectivity index (χ0v) is 12.8. The number of halogens is 1. The molecule has 0 aliphatic rings. The van der Waals surface area contributed by atoms with Gasteiger partial charge in [-0.25, -0.2) is 0 Å². The van der Waals surface area contributed by atoms with Gasteiger partial charge in [0, 0.05) is 21.5 Å². The van der Waals surface area contributed by atoms with Crippen molar-refractivity contribution in [3.63, 3.8) is 0 Å². The highest BCUT2D eigenvalue weighted by Crippen LogP contribution is 2.24. The molecule has 0 bridgehead atoms. The van der Waals surface area contributed by atoms with E-state index in [0.717, 1.165) is 11.4 Å². The van der Waals surface area contributed by atoms with Gasteiger partial charge < -0.3 is 5.32 Å². The van der Waals surface area contributed by atoms with Crippen LogP contribution in [0.15, 0.2) is 53.9 Å². The lowest BCUT2D eigenvalue weighted by Crippen LogP contribution is -2.17. The molecule has 1 atom stereocenters. The topological polar surface area (TPSA) is 12.0 Å². The number of hydrogen-bond acceptors (Lipinski definition) is 2. The second-order valence-electron chi connectivity index (χ2n) is 5.05. The summed E-state index contributed by atoms with van der Waals surface area (Å²) in [5.74, 6) is 0. The summed E-state index contributed by atoms with van der Waals surface area (Å²) in [4.78, 5) is 0. The standard InChI is InChI=1S/C17H16ClNS/c1-12(10-13-2-4-15(18)5-3-13)19-16-6-7-17-14(11-16)8-9-20-17/h2-9,11-12,19H,10H2,1H3. The summed E-state index contributed by atoms with van der Waals surface area (Å²) in [6.45, 7) is 2.20. The summed E-state index contributed by atoms with van der Waals surface area (Å²) >= 11 is 7.69. The Balaban J connectivity index is 1.68. The second kappa shape index (κ2) is 5.86. The third-order valence-electron chi connectivity index (χ3n) is 3.32. The summed E-state index contributed by atoms with van der Waals surface area (Å²) in [6.07, 6.45) is 0.985. The van der Waals surface area contributed by atoms with E-state index in [2.05, 4.69) is 54.0 Å². The van der Waals surface area contributed by atoms with Crippen LogP contribution in [0.2, 0.25) is 5.02 Å². The quantitative estimate of drug-likeness (QED) is 0.661. The first-order chi connectivity index (χ1) is 9.70. The number of fused-ring (bicyclic) bond motifs is 1. The van der Waals surface area contributed by atoms with Crippen LogP contribution in [-0.4, -0.2) is 6.04 Å². The molecule has 3 heteroatoms. The Kier molecular flexibility index (Phi) is 3.95. The molecule has 0 aliphatic heterocycles. The number of anilines is 1. The van der Waals surface area contributed by atoms with E-state index in [-0.39, 0.29) is 0 Å². The summed E-state index contributed by atoms with van der Waals surface area (Å²) in [5, 5.41) is 7.78. The Morgan fingerprint density at radius 2 is 1.90 bits per heavy atom. The smallest absolute Gasteiger partial charge is 0.0406 e. The van der Waals surface area contributed by atoms with E-state index in [9.17, 15) is 0 Å². The van der Waals surface area contributed by atoms with Crippen molar-refractivity contribution in [2.45, 2.75) is 19.4 Å². The third kappa shape index (κ3) is 3.14. The van der Waals surface area contributed by atoms with Crippen LogP contribution in [-0.2, 0) is 6.42 Å². The first-order valence-corrected chi connectivity index (χ1v) is 7.95. The molecule has 1 aromatic heterocycles. The molecule has 2 aromatic carbocycles. The molecule has 3 rings (SSSR count). The van der Waals surface area contributed by atoms with Crippen LogP contribution in [0.3, 0.4) is 0 Å². The summed E-state index contributed by atoms with van der Waals surface area (Å²) in [7, 11) is 0. The number of rotatable bonds is 4. The first kappa shape index (κ1) is 13.5. The monoisotopic (exact) mass is 301 g/mol. The lowest BCUT2D eigenvalue weighted by Gasteiger charge is -2.15. The SMILES string of the molecule is CC(Cc1ccc(Cl)cc1)Nc1ccc2sccc2c1. The largest absolute Gasteiger partial charge is 0.382 e. The zero-order chi connectivity index (χ0) is 13.9. The van der Waals surface area contributed by atoms with Crippen LogP contribution in [0.25, 0.3) is 10.1 Å². The maximum absolute atomic E-state index is 5.91. The van der Waals surface area contributed by atoms with Gasteiger partial charge in [0.15, 0.2) is 0 Å². The van der Waals surface area contributed by atoms with E-state index in [1.54, 1.807) is 11.3 Å². The minimum atomic E-state index is 0.382. The Morgan fingerprint density at radius 3 is 2.70 bits per heavy atom.